The van der Waals surface area contributed by atoms with Crippen molar-refractivity contribution in [3.63, 3.8) is 0 Å². The minimum Gasteiger partial charge on any atom is -0.395 e. The monoisotopic (exact) mass is 223 g/mol. The number of pyridine rings is 1. The van der Waals surface area contributed by atoms with Crippen LogP contribution in [0.3, 0.4) is 0 Å². The second-order valence-corrected chi connectivity index (χ2v) is 3.99. The van der Waals surface area contributed by atoms with Gasteiger partial charge in [0.15, 0.2) is 0 Å². The van der Waals surface area contributed by atoms with Crippen molar-refractivity contribution < 1.29 is 5.11 Å². The van der Waals surface area contributed by atoms with Gasteiger partial charge in [0.05, 0.1) is 6.61 Å². The molecule has 1 aromatic rings. The maximum Gasteiger partial charge on any atom is 0.0558 e. The van der Waals surface area contributed by atoms with Crippen molar-refractivity contribution in [3.8, 4) is 0 Å². The van der Waals surface area contributed by atoms with Crippen molar-refractivity contribution >= 4 is 5.69 Å². The van der Waals surface area contributed by atoms with E-state index in [-0.39, 0.29) is 6.61 Å². The fourth-order valence-electron chi connectivity index (χ4n) is 1.71. The number of anilines is 1. The molecule has 1 aromatic heterocycles. The van der Waals surface area contributed by atoms with E-state index >= 15 is 0 Å². The quantitative estimate of drug-likeness (QED) is 0.780. The number of hydrogen-bond acceptors (Lipinski definition) is 4. The molecule has 4 nitrogen and oxygen atoms in total. The van der Waals surface area contributed by atoms with Gasteiger partial charge in [-0.3, -0.25) is 9.88 Å². The minimum atomic E-state index is 0.200. The first kappa shape index (κ1) is 12.9. The smallest absolute Gasteiger partial charge is 0.0558 e. The average Bonchev–Trinajstić information content (AvgIpc) is 2.29. The second-order valence-electron chi connectivity index (χ2n) is 3.99. The molecular formula is C12H21N3O. The SMILES string of the molecule is CCN(CCO)Cc1cnccc1N(C)C. The van der Waals surface area contributed by atoms with Crippen LogP contribution >= 0.6 is 0 Å². The van der Waals surface area contributed by atoms with Gasteiger partial charge in [-0.2, -0.15) is 0 Å². The molecule has 0 atom stereocenters. The number of aliphatic hydroxyl groups is 1. The average molecular weight is 223 g/mol. The van der Waals surface area contributed by atoms with E-state index < -0.39 is 0 Å². The Bertz CT molecular complexity index is 315. The maximum absolute atomic E-state index is 8.96. The number of rotatable bonds is 6. The molecule has 0 amide bonds. The third kappa shape index (κ3) is 3.47. The Hall–Kier alpha value is -1.13. The summed E-state index contributed by atoms with van der Waals surface area (Å²) in [6, 6.07) is 2.02. The molecule has 1 rings (SSSR count). The number of aliphatic hydroxyl groups excluding tert-OH is 1. The van der Waals surface area contributed by atoms with Gasteiger partial charge in [0.2, 0.25) is 0 Å². The lowest BCUT2D eigenvalue weighted by atomic mass is 10.2. The summed E-state index contributed by atoms with van der Waals surface area (Å²) in [6.07, 6.45) is 3.70. The molecule has 0 saturated carbocycles. The molecule has 0 aliphatic rings. The van der Waals surface area contributed by atoms with Crippen molar-refractivity contribution in [1.29, 1.82) is 0 Å². The van der Waals surface area contributed by atoms with Gasteiger partial charge in [0.1, 0.15) is 0 Å². The molecule has 0 bridgehead atoms. The van der Waals surface area contributed by atoms with Gasteiger partial charge in [-0.05, 0) is 12.6 Å². The summed E-state index contributed by atoms with van der Waals surface area (Å²) in [6.45, 7) is 4.77. The van der Waals surface area contributed by atoms with Crippen LogP contribution in [-0.4, -0.2) is 48.8 Å². The van der Waals surface area contributed by atoms with E-state index in [2.05, 4.69) is 21.7 Å². The normalized spacial score (nSPS) is 10.8. The van der Waals surface area contributed by atoms with Crippen LogP contribution in [0.2, 0.25) is 0 Å². The van der Waals surface area contributed by atoms with Crippen molar-refractivity contribution in [2.45, 2.75) is 13.5 Å². The van der Waals surface area contributed by atoms with Crippen LogP contribution in [0.5, 0.6) is 0 Å². The van der Waals surface area contributed by atoms with Crippen LogP contribution in [0, 0.1) is 0 Å². The number of hydrogen-bond donors (Lipinski definition) is 1. The zero-order valence-corrected chi connectivity index (χ0v) is 10.3. The molecule has 0 aliphatic heterocycles. The highest BCUT2D eigenvalue weighted by Crippen LogP contribution is 2.18. The summed E-state index contributed by atoms with van der Waals surface area (Å²) in [7, 11) is 4.06. The molecule has 0 aliphatic carbocycles. The topological polar surface area (TPSA) is 39.6 Å². The predicted molar refractivity (Wildman–Crippen MR) is 66.6 cm³/mol. The number of aromatic nitrogens is 1. The van der Waals surface area contributed by atoms with E-state index in [1.165, 1.54) is 11.3 Å². The van der Waals surface area contributed by atoms with E-state index in [1.807, 2.05) is 26.4 Å². The fourth-order valence-corrected chi connectivity index (χ4v) is 1.71. The standard InChI is InChI=1S/C12H21N3O/c1-4-15(7-8-16)10-11-9-13-6-5-12(11)14(2)3/h5-6,9,16H,4,7-8,10H2,1-3H3. The Morgan fingerprint density at radius 2 is 2.12 bits per heavy atom. The molecule has 0 saturated heterocycles. The van der Waals surface area contributed by atoms with Crippen LogP contribution in [0.15, 0.2) is 18.5 Å². The van der Waals surface area contributed by atoms with Gasteiger partial charge in [-0.15, -0.1) is 0 Å². The highest BCUT2D eigenvalue weighted by Gasteiger charge is 2.08. The van der Waals surface area contributed by atoms with Crippen LogP contribution in [0.25, 0.3) is 0 Å². The maximum atomic E-state index is 8.96. The van der Waals surface area contributed by atoms with E-state index in [4.69, 9.17) is 5.11 Å². The predicted octanol–water partition coefficient (Wildman–Crippen LogP) is 0.962. The highest BCUT2D eigenvalue weighted by atomic mass is 16.3. The van der Waals surface area contributed by atoms with E-state index in [9.17, 15) is 0 Å². The Kier molecular flexibility index (Phi) is 5.22. The molecule has 4 heteroatoms. The number of nitrogens with zero attached hydrogens (tertiary/aromatic N) is 3. The molecule has 16 heavy (non-hydrogen) atoms. The molecule has 1 heterocycles. The van der Waals surface area contributed by atoms with Crippen molar-refractivity contribution in [2.75, 3.05) is 38.7 Å². The van der Waals surface area contributed by atoms with Crippen LogP contribution in [0.1, 0.15) is 12.5 Å². The minimum absolute atomic E-state index is 0.200. The summed E-state index contributed by atoms with van der Waals surface area (Å²) < 4.78 is 0. The van der Waals surface area contributed by atoms with Crippen molar-refractivity contribution in [2.24, 2.45) is 0 Å². The van der Waals surface area contributed by atoms with Crippen LogP contribution in [0.4, 0.5) is 5.69 Å². The molecule has 0 radical (unpaired) electrons. The molecule has 0 unspecified atom stereocenters. The number of likely N-dealkylation sites (N-methyl/N-ethyl adjacent to an activating group) is 1. The third-order valence-corrected chi connectivity index (χ3v) is 2.62. The highest BCUT2D eigenvalue weighted by molar-refractivity contribution is 5.50. The molecule has 0 spiro atoms. The summed E-state index contributed by atoms with van der Waals surface area (Å²) in [5.41, 5.74) is 2.38. The van der Waals surface area contributed by atoms with E-state index in [0.717, 1.165) is 13.1 Å². The summed E-state index contributed by atoms with van der Waals surface area (Å²) in [5, 5.41) is 8.96. The van der Waals surface area contributed by atoms with Gasteiger partial charge in [-0.25, -0.2) is 0 Å². The van der Waals surface area contributed by atoms with Gasteiger partial charge < -0.3 is 10.0 Å². The Morgan fingerprint density at radius 1 is 1.38 bits per heavy atom. The van der Waals surface area contributed by atoms with Crippen molar-refractivity contribution in [3.05, 3.63) is 24.0 Å². The van der Waals surface area contributed by atoms with Gasteiger partial charge >= 0.3 is 0 Å². The largest absolute Gasteiger partial charge is 0.395 e. The van der Waals surface area contributed by atoms with Crippen molar-refractivity contribution in [1.82, 2.24) is 9.88 Å². The summed E-state index contributed by atoms with van der Waals surface area (Å²) >= 11 is 0. The first-order chi connectivity index (χ1) is 7.69. The lowest BCUT2D eigenvalue weighted by molar-refractivity contribution is 0.197. The summed E-state index contributed by atoms with van der Waals surface area (Å²) in [5.74, 6) is 0. The molecule has 0 aromatic carbocycles. The first-order valence-corrected chi connectivity index (χ1v) is 5.62. The molecule has 90 valence electrons. The fraction of sp³-hybridized carbons (Fsp3) is 0.583. The lowest BCUT2D eigenvalue weighted by Crippen LogP contribution is -2.27. The first-order valence-electron chi connectivity index (χ1n) is 5.62. The molecular weight excluding hydrogens is 202 g/mol. The zero-order valence-electron chi connectivity index (χ0n) is 10.3. The zero-order chi connectivity index (χ0) is 12.0. The van der Waals surface area contributed by atoms with Gasteiger partial charge in [0.25, 0.3) is 0 Å². The summed E-state index contributed by atoms with van der Waals surface area (Å²) in [4.78, 5) is 8.44. The van der Waals surface area contributed by atoms with Crippen LogP contribution in [-0.2, 0) is 6.54 Å². The van der Waals surface area contributed by atoms with E-state index in [0.29, 0.717) is 6.54 Å². The second kappa shape index (κ2) is 6.45. The van der Waals surface area contributed by atoms with Gasteiger partial charge in [0, 0.05) is 50.8 Å². The molecule has 1 N–H and O–H groups in total. The Balaban J connectivity index is 2.78. The van der Waals surface area contributed by atoms with E-state index in [1.54, 1.807) is 6.20 Å². The third-order valence-electron chi connectivity index (χ3n) is 2.62. The Labute approximate surface area is 97.5 Å². The lowest BCUT2D eigenvalue weighted by Gasteiger charge is -2.23. The Morgan fingerprint density at radius 3 is 2.69 bits per heavy atom. The van der Waals surface area contributed by atoms with Crippen LogP contribution < -0.4 is 4.90 Å². The molecule has 0 fully saturated rings. The van der Waals surface area contributed by atoms with Gasteiger partial charge in [-0.1, -0.05) is 6.92 Å².